The molecule has 1 fully saturated rings. The summed E-state index contributed by atoms with van der Waals surface area (Å²) in [5.41, 5.74) is 2.21. The van der Waals surface area contributed by atoms with Gasteiger partial charge in [0.1, 0.15) is 5.01 Å². The standard InChI is InChI=1S/C17H23N3O2S/c1-19-6-8-20(9-7-19)11-14-12-23-17(18-14)13-4-5-15(21-2)16(10-13)22-3/h4-5,10,12H,6-9,11H2,1-3H3. The van der Waals surface area contributed by atoms with Crippen LogP contribution in [-0.2, 0) is 6.54 Å². The fourth-order valence-electron chi connectivity index (χ4n) is 2.72. The summed E-state index contributed by atoms with van der Waals surface area (Å²) < 4.78 is 10.7. The van der Waals surface area contributed by atoms with Gasteiger partial charge in [0.15, 0.2) is 11.5 Å². The van der Waals surface area contributed by atoms with E-state index in [4.69, 9.17) is 14.5 Å². The predicted octanol–water partition coefficient (Wildman–Crippen LogP) is 2.57. The molecule has 0 radical (unpaired) electrons. The van der Waals surface area contributed by atoms with Crippen molar-refractivity contribution in [3.8, 4) is 22.1 Å². The fourth-order valence-corrected chi connectivity index (χ4v) is 3.52. The molecule has 1 aromatic carbocycles. The fraction of sp³-hybridized carbons (Fsp3) is 0.471. The van der Waals surface area contributed by atoms with Crippen LogP contribution in [0.3, 0.4) is 0 Å². The smallest absolute Gasteiger partial charge is 0.161 e. The lowest BCUT2D eigenvalue weighted by molar-refractivity contribution is 0.147. The number of ether oxygens (including phenoxy) is 2. The molecule has 1 saturated heterocycles. The van der Waals surface area contributed by atoms with E-state index in [1.165, 1.54) is 0 Å². The lowest BCUT2D eigenvalue weighted by atomic mass is 10.2. The van der Waals surface area contributed by atoms with E-state index >= 15 is 0 Å². The Hall–Kier alpha value is -1.63. The van der Waals surface area contributed by atoms with Crippen LogP contribution in [0.2, 0.25) is 0 Å². The van der Waals surface area contributed by atoms with Gasteiger partial charge in [-0.15, -0.1) is 11.3 Å². The molecule has 6 heteroatoms. The number of thiazole rings is 1. The van der Waals surface area contributed by atoms with Gasteiger partial charge >= 0.3 is 0 Å². The van der Waals surface area contributed by atoms with Crippen LogP contribution in [0.5, 0.6) is 11.5 Å². The van der Waals surface area contributed by atoms with Gasteiger partial charge in [-0.3, -0.25) is 4.90 Å². The summed E-state index contributed by atoms with van der Waals surface area (Å²) in [6.07, 6.45) is 0. The molecular formula is C17H23N3O2S. The van der Waals surface area contributed by atoms with Gasteiger partial charge in [-0.2, -0.15) is 0 Å². The van der Waals surface area contributed by atoms with Crippen LogP contribution >= 0.6 is 11.3 Å². The summed E-state index contributed by atoms with van der Waals surface area (Å²) in [5.74, 6) is 1.48. The minimum atomic E-state index is 0.737. The van der Waals surface area contributed by atoms with E-state index in [1.807, 2.05) is 18.2 Å². The molecule has 0 unspecified atom stereocenters. The molecule has 0 atom stereocenters. The first kappa shape index (κ1) is 16.2. The van der Waals surface area contributed by atoms with Crippen LogP contribution in [0.15, 0.2) is 23.6 Å². The van der Waals surface area contributed by atoms with Crippen molar-refractivity contribution in [1.29, 1.82) is 0 Å². The van der Waals surface area contributed by atoms with Crippen molar-refractivity contribution in [2.75, 3.05) is 47.4 Å². The zero-order valence-electron chi connectivity index (χ0n) is 13.9. The van der Waals surface area contributed by atoms with Gasteiger partial charge in [0.05, 0.1) is 19.9 Å². The van der Waals surface area contributed by atoms with Gasteiger partial charge in [-0.05, 0) is 25.2 Å². The van der Waals surface area contributed by atoms with E-state index in [2.05, 4.69) is 22.2 Å². The molecule has 2 heterocycles. The average Bonchev–Trinajstić information content (AvgIpc) is 3.05. The molecule has 1 aliphatic rings. The molecule has 0 spiro atoms. The molecule has 5 nitrogen and oxygen atoms in total. The second kappa shape index (κ2) is 7.29. The quantitative estimate of drug-likeness (QED) is 0.841. The van der Waals surface area contributed by atoms with E-state index in [1.54, 1.807) is 25.6 Å². The topological polar surface area (TPSA) is 37.8 Å². The molecule has 124 valence electrons. The Kier molecular flexibility index (Phi) is 5.15. The van der Waals surface area contributed by atoms with Crippen molar-refractivity contribution in [2.45, 2.75) is 6.54 Å². The Balaban J connectivity index is 1.71. The third-order valence-electron chi connectivity index (χ3n) is 4.16. The zero-order valence-corrected chi connectivity index (χ0v) is 14.7. The van der Waals surface area contributed by atoms with Crippen molar-refractivity contribution in [3.63, 3.8) is 0 Å². The summed E-state index contributed by atoms with van der Waals surface area (Å²) in [6.45, 7) is 5.41. The maximum absolute atomic E-state index is 5.38. The molecule has 2 aromatic rings. The molecule has 3 rings (SSSR count). The number of aromatic nitrogens is 1. The summed E-state index contributed by atoms with van der Waals surface area (Å²) >= 11 is 1.68. The Morgan fingerprint density at radius 1 is 1.09 bits per heavy atom. The third kappa shape index (κ3) is 3.83. The Bertz CT molecular complexity index is 651. The highest BCUT2D eigenvalue weighted by Crippen LogP contribution is 2.33. The minimum absolute atomic E-state index is 0.737. The molecule has 0 bridgehead atoms. The normalized spacial score (nSPS) is 16.5. The largest absolute Gasteiger partial charge is 0.493 e. The second-order valence-corrected chi connectivity index (χ2v) is 6.65. The highest BCUT2D eigenvalue weighted by Gasteiger charge is 2.16. The summed E-state index contributed by atoms with van der Waals surface area (Å²) in [6, 6.07) is 5.94. The molecule has 1 aromatic heterocycles. The number of rotatable bonds is 5. The molecule has 0 amide bonds. The molecular weight excluding hydrogens is 310 g/mol. The third-order valence-corrected chi connectivity index (χ3v) is 5.10. The highest BCUT2D eigenvalue weighted by molar-refractivity contribution is 7.13. The minimum Gasteiger partial charge on any atom is -0.493 e. The van der Waals surface area contributed by atoms with Crippen molar-refractivity contribution in [2.24, 2.45) is 0 Å². The van der Waals surface area contributed by atoms with Crippen molar-refractivity contribution >= 4 is 11.3 Å². The average molecular weight is 333 g/mol. The van der Waals surface area contributed by atoms with Crippen LogP contribution in [0.25, 0.3) is 10.6 Å². The van der Waals surface area contributed by atoms with Crippen molar-refractivity contribution in [1.82, 2.24) is 14.8 Å². The van der Waals surface area contributed by atoms with Gasteiger partial charge in [0, 0.05) is 43.7 Å². The number of methoxy groups -OCH3 is 2. The van der Waals surface area contributed by atoms with Crippen LogP contribution in [0, 0.1) is 0 Å². The van der Waals surface area contributed by atoms with E-state index in [0.717, 1.165) is 60.5 Å². The first-order valence-electron chi connectivity index (χ1n) is 7.77. The molecule has 1 aliphatic heterocycles. The summed E-state index contributed by atoms with van der Waals surface area (Å²) in [5, 5.41) is 3.18. The number of benzene rings is 1. The number of nitrogens with zero attached hydrogens (tertiary/aromatic N) is 3. The first-order chi connectivity index (χ1) is 11.2. The maximum Gasteiger partial charge on any atom is 0.161 e. The number of hydrogen-bond acceptors (Lipinski definition) is 6. The lowest BCUT2D eigenvalue weighted by Gasteiger charge is -2.31. The predicted molar refractivity (Wildman–Crippen MR) is 93.4 cm³/mol. The van der Waals surface area contributed by atoms with E-state index in [9.17, 15) is 0 Å². The van der Waals surface area contributed by atoms with E-state index in [0.29, 0.717) is 0 Å². The van der Waals surface area contributed by atoms with Gasteiger partial charge in [0.2, 0.25) is 0 Å². The van der Waals surface area contributed by atoms with Crippen LogP contribution in [-0.4, -0.2) is 62.2 Å². The molecule has 0 saturated carbocycles. The van der Waals surface area contributed by atoms with Crippen LogP contribution in [0.4, 0.5) is 0 Å². The second-order valence-electron chi connectivity index (χ2n) is 5.79. The van der Waals surface area contributed by atoms with Crippen molar-refractivity contribution < 1.29 is 9.47 Å². The summed E-state index contributed by atoms with van der Waals surface area (Å²) in [7, 11) is 5.48. The van der Waals surface area contributed by atoms with Gasteiger partial charge < -0.3 is 14.4 Å². The SMILES string of the molecule is COc1ccc(-c2nc(CN3CCN(C)CC3)cs2)cc1OC. The number of likely N-dealkylation sites (N-methyl/N-ethyl adjacent to an activating group) is 1. The Labute approximate surface area is 141 Å². The number of piperazine rings is 1. The molecule has 23 heavy (non-hydrogen) atoms. The van der Waals surface area contributed by atoms with Gasteiger partial charge in [-0.25, -0.2) is 4.98 Å². The van der Waals surface area contributed by atoms with Gasteiger partial charge in [0.25, 0.3) is 0 Å². The van der Waals surface area contributed by atoms with Crippen LogP contribution in [0.1, 0.15) is 5.69 Å². The number of hydrogen-bond donors (Lipinski definition) is 0. The van der Waals surface area contributed by atoms with Gasteiger partial charge in [-0.1, -0.05) is 0 Å². The first-order valence-corrected chi connectivity index (χ1v) is 8.65. The van der Waals surface area contributed by atoms with E-state index < -0.39 is 0 Å². The molecule has 0 aliphatic carbocycles. The Morgan fingerprint density at radius 3 is 2.52 bits per heavy atom. The van der Waals surface area contributed by atoms with E-state index in [-0.39, 0.29) is 0 Å². The van der Waals surface area contributed by atoms with Crippen molar-refractivity contribution in [3.05, 3.63) is 29.3 Å². The monoisotopic (exact) mass is 333 g/mol. The zero-order chi connectivity index (χ0) is 16.2. The summed E-state index contributed by atoms with van der Waals surface area (Å²) in [4.78, 5) is 9.62. The highest BCUT2D eigenvalue weighted by atomic mass is 32.1. The Morgan fingerprint density at radius 2 is 1.83 bits per heavy atom. The lowest BCUT2D eigenvalue weighted by Crippen LogP contribution is -2.43. The van der Waals surface area contributed by atoms with Crippen LogP contribution < -0.4 is 9.47 Å². The molecule has 0 N–H and O–H groups in total. The maximum atomic E-state index is 5.38.